The van der Waals surface area contributed by atoms with Gasteiger partial charge in [0.05, 0.1) is 29.3 Å². The number of carboxylic acid groups (broad SMARTS) is 1. The topological polar surface area (TPSA) is 59.0 Å². The summed E-state index contributed by atoms with van der Waals surface area (Å²) in [5.41, 5.74) is 1.67. The quantitative estimate of drug-likeness (QED) is 0.547. The van der Waals surface area contributed by atoms with E-state index < -0.39 is 12.0 Å². The van der Waals surface area contributed by atoms with E-state index in [-0.39, 0.29) is 6.04 Å². The molecule has 2 aromatic rings. The van der Waals surface area contributed by atoms with E-state index in [1.807, 2.05) is 49.1 Å². The number of carbonyl (C=O) groups is 1. The zero-order valence-electron chi connectivity index (χ0n) is 17.2. The van der Waals surface area contributed by atoms with E-state index in [0.29, 0.717) is 47.7 Å². The van der Waals surface area contributed by atoms with Gasteiger partial charge in [0.2, 0.25) is 0 Å². The zero-order valence-corrected chi connectivity index (χ0v) is 18.7. The molecule has 7 heteroatoms. The molecule has 0 bridgehead atoms. The molecule has 1 N–H and O–H groups in total. The lowest BCUT2D eigenvalue weighted by molar-refractivity contribution is -0.145. The molecule has 5 nitrogen and oxygen atoms in total. The Morgan fingerprint density at radius 3 is 2.57 bits per heavy atom. The predicted molar refractivity (Wildman–Crippen MR) is 119 cm³/mol. The number of hydrogen-bond acceptors (Lipinski definition) is 4. The standard InChI is InChI=1S/C23H27Cl2NO4/c1-3-29-19-12-11-15(14-20(19)30-4-2)22(16-8-7-9-17(24)21(16)25)26-13-6-5-10-18(26)23(27)28/h7-9,11-12,14,18,22H,3-6,10,13H2,1-2H3,(H,27,28). The summed E-state index contributed by atoms with van der Waals surface area (Å²) in [5.74, 6) is 0.463. The first-order chi connectivity index (χ1) is 14.5. The van der Waals surface area contributed by atoms with Gasteiger partial charge in [0.25, 0.3) is 0 Å². The number of nitrogens with zero attached hydrogens (tertiary/aromatic N) is 1. The van der Waals surface area contributed by atoms with E-state index in [9.17, 15) is 9.90 Å². The summed E-state index contributed by atoms with van der Waals surface area (Å²) in [7, 11) is 0. The minimum Gasteiger partial charge on any atom is -0.490 e. The van der Waals surface area contributed by atoms with E-state index >= 15 is 0 Å². The van der Waals surface area contributed by atoms with Crippen molar-refractivity contribution in [2.24, 2.45) is 0 Å². The molecule has 162 valence electrons. The fourth-order valence-corrected chi connectivity index (χ4v) is 4.46. The highest BCUT2D eigenvalue weighted by atomic mass is 35.5. The van der Waals surface area contributed by atoms with Crippen LogP contribution in [-0.2, 0) is 4.79 Å². The maximum atomic E-state index is 12.0. The normalized spacial score (nSPS) is 18.1. The Hall–Kier alpha value is -1.95. The summed E-state index contributed by atoms with van der Waals surface area (Å²) in [4.78, 5) is 14.1. The molecule has 0 aliphatic carbocycles. The number of aliphatic carboxylic acids is 1. The van der Waals surface area contributed by atoms with Crippen molar-refractivity contribution in [2.45, 2.75) is 45.2 Å². The molecule has 0 amide bonds. The second-order valence-corrected chi connectivity index (χ2v) is 7.99. The van der Waals surface area contributed by atoms with Crippen molar-refractivity contribution in [1.29, 1.82) is 0 Å². The van der Waals surface area contributed by atoms with Gasteiger partial charge in [-0.1, -0.05) is 47.8 Å². The smallest absolute Gasteiger partial charge is 0.320 e. The number of benzene rings is 2. The van der Waals surface area contributed by atoms with Crippen LogP contribution in [0.25, 0.3) is 0 Å². The summed E-state index contributed by atoms with van der Waals surface area (Å²) >= 11 is 12.9. The summed E-state index contributed by atoms with van der Waals surface area (Å²) < 4.78 is 11.5. The summed E-state index contributed by atoms with van der Waals surface area (Å²) in [6.07, 6.45) is 2.41. The van der Waals surface area contributed by atoms with Crippen LogP contribution in [-0.4, -0.2) is 41.8 Å². The molecule has 30 heavy (non-hydrogen) atoms. The van der Waals surface area contributed by atoms with Crippen LogP contribution in [0, 0.1) is 0 Å². The van der Waals surface area contributed by atoms with Crippen LogP contribution in [0.1, 0.15) is 50.3 Å². The van der Waals surface area contributed by atoms with E-state index in [1.165, 1.54) is 0 Å². The Kier molecular flexibility index (Phi) is 7.87. The van der Waals surface area contributed by atoms with Crippen LogP contribution < -0.4 is 9.47 Å². The Morgan fingerprint density at radius 2 is 1.87 bits per heavy atom. The number of carboxylic acids is 1. The number of likely N-dealkylation sites (tertiary alicyclic amines) is 1. The third kappa shape index (κ3) is 4.85. The molecule has 1 aliphatic heterocycles. The van der Waals surface area contributed by atoms with Crippen molar-refractivity contribution in [2.75, 3.05) is 19.8 Å². The molecular weight excluding hydrogens is 425 g/mol. The van der Waals surface area contributed by atoms with Gasteiger partial charge in [-0.2, -0.15) is 0 Å². The molecule has 0 spiro atoms. The Balaban J connectivity index is 2.15. The molecule has 1 fully saturated rings. The minimum atomic E-state index is -0.825. The Bertz CT molecular complexity index is 890. The molecule has 2 atom stereocenters. The average Bonchev–Trinajstić information content (AvgIpc) is 2.73. The maximum absolute atomic E-state index is 12.0. The first-order valence-corrected chi connectivity index (χ1v) is 11.1. The lowest BCUT2D eigenvalue weighted by Gasteiger charge is -2.40. The lowest BCUT2D eigenvalue weighted by Crippen LogP contribution is -2.46. The van der Waals surface area contributed by atoms with Crippen LogP contribution >= 0.6 is 23.2 Å². The Labute approximate surface area is 187 Å². The van der Waals surface area contributed by atoms with Crippen molar-refractivity contribution in [3.05, 3.63) is 57.6 Å². The summed E-state index contributed by atoms with van der Waals surface area (Å²) in [6.45, 7) is 5.51. The molecule has 3 rings (SSSR count). The summed E-state index contributed by atoms with van der Waals surface area (Å²) in [6, 6.07) is 10.3. The predicted octanol–water partition coefficient (Wildman–Crippen LogP) is 5.82. The SMILES string of the molecule is CCOc1ccc(C(c2cccc(Cl)c2Cl)N2CCCCC2C(=O)O)cc1OCC. The maximum Gasteiger partial charge on any atom is 0.320 e. The van der Waals surface area contributed by atoms with E-state index in [0.717, 1.165) is 24.0 Å². The minimum absolute atomic E-state index is 0.368. The van der Waals surface area contributed by atoms with Crippen LogP contribution in [0.2, 0.25) is 10.0 Å². The van der Waals surface area contributed by atoms with Gasteiger partial charge in [0.15, 0.2) is 11.5 Å². The van der Waals surface area contributed by atoms with E-state index in [1.54, 1.807) is 6.07 Å². The summed E-state index contributed by atoms with van der Waals surface area (Å²) in [5, 5.41) is 10.8. The van der Waals surface area contributed by atoms with E-state index in [2.05, 4.69) is 0 Å². The third-order valence-corrected chi connectivity index (χ3v) is 6.15. The average molecular weight is 452 g/mol. The second kappa shape index (κ2) is 10.4. The first kappa shape index (κ1) is 22.7. The van der Waals surface area contributed by atoms with Gasteiger partial charge in [-0.25, -0.2) is 0 Å². The number of rotatable bonds is 8. The molecule has 0 radical (unpaired) electrons. The monoisotopic (exact) mass is 451 g/mol. The van der Waals surface area contributed by atoms with Crippen LogP contribution in [0.4, 0.5) is 0 Å². The second-order valence-electron chi connectivity index (χ2n) is 7.21. The van der Waals surface area contributed by atoms with Gasteiger partial charge in [0.1, 0.15) is 6.04 Å². The number of ether oxygens (including phenoxy) is 2. The highest BCUT2D eigenvalue weighted by Crippen LogP contribution is 2.42. The largest absolute Gasteiger partial charge is 0.490 e. The third-order valence-electron chi connectivity index (χ3n) is 5.32. The van der Waals surface area contributed by atoms with Crippen molar-refractivity contribution in [1.82, 2.24) is 4.90 Å². The zero-order chi connectivity index (χ0) is 21.7. The van der Waals surface area contributed by atoms with Crippen LogP contribution in [0.5, 0.6) is 11.5 Å². The van der Waals surface area contributed by atoms with Gasteiger partial charge in [-0.05, 0) is 62.6 Å². The highest BCUT2D eigenvalue weighted by Gasteiger charge is 2.36. The lowest BCUT2D eigenvalue weighted by atomic mass is 9.91. The number of piperidine rings is 1. The molecule has 0 aromatic heterocycles. The van der Waals surface area contributed by atoms with Gasteiger partial charge < -0.3 is 14.6 Å². The van der Waals surface area contributed by atoms with Gasteiger partial charge in [-0.15, -0.1) is 0 Å². The van der Waals surface area contributed by atoms with Crippen molar-refractivity contribution in [3.8, 4) is 11.5 Å². The highest BCUT2D eigenvalue weighted by molar-refractivity contribution is 6.42. The van der Waals surface area contributed by atoms with Crippen molar-refractivity contribution >= 4 is 29.2 Å². The first-order valence-electron chi connectivity index (χ1n) is 10.3. The molecular formula is C23H27Cl2NO4. The molecule has 1 heterocycles. The molecule has 2 unspecified atom stereocenters. The molecule has 1 aliphatic rings. The Morgan fingerprint density at radius 1 is 1.13 bits per heavy atom. The van der Waals surface area contributed by atoms with Gasteiger partial charge in [0, 0.05) is 0 Å². The van der Waals surface area contributed by atoms with Gasteiger partial charge >= 0.3 is 5.97 Å². The van der Waals surface area contributed by atoms with Gasteiger partial charge in [-0.3, -0.25) is 9.69 Å². The molecule has 2 aromatic carbocycles. The fourth-order valence-electron chi connectivity index (χ4n) is 4.05. The number of halogens is 2. The fraction of sp³-hybridized carbons (Fsp3) is 0.435. The molecule has 1 saturated heterocycles. The molecule has 0 saturated carbocycles. The number of hydrogen-bond donors (Lipinski definition) is 1. The van der Waals surface area contributed by atoms with Crippen LogP contribution in [0.15, 0.2) is 36.4 Å². The van der Waals surface area contributed by atoms with Crippen molar-refractivity contribution < 1.29 is 19.4 Å². The van der Waals surface area contributed by atoms with Crippen molar-refractivity contribution in [3.63, 3.8) is 0 Å². The van der Waals surface area contributed by atoms with E-state index in [4.69, 9.17) is 32.7 Å². The van der Waals surface area contributed by atoms with Crippen LogP contribution in [0.3, 0.4) is 0 Å².